The summed E-state index contributed by atoms with van der Waals surface area (Å²) in [6, 6.07) is 17.6. The van der Waals surface area contributed by atoms with Crippen molar-refractivity contribution in [2.24, 2.45) is 0 Å². The van der Waals surface area contributed by atoms with Crippen molar-refractivity contribution in [3.05, 3.63) is 54.6 Å². The lowest BCUT2D eigenvalue weighted by Gasteiger charge is -2.28. The van der Waals surface area contributed by atoms with Crippen molar-refractivity contribution in [1.82, 2.24) is 10.2 Å². The molecule has 0 aliphatic carbocycles. The number of carbonyl (C=O) groups is 1. The smallest absolute Gasteiger partial charge is 0.277 e. The zero-order chi connectivity index (χ0) is 20.1. The first-order valence-corrected chi connectivity index (χ1v) is 10.8. The van der Waals surface area contributed by atoms with E-state index in [1.54, 1.807) is 0 Å². The molecule has 1 aliphatic rings. The van der Waals surface area contributed by atoms with E-state index < -0.39 is 0 Å². The number of rotatable bonds is 6. The average molecular weight is 409 g/mol. The molecule has 0 radical (unpaired) electrons. The predicted molar refractivity (Wildman–Crippen MR) is 116 cm³/mol. The topological polar surface area (TPSA) is 71.3 Å². The van der Waals surface area contributed by atoms with E-state index in [4.69, 9.17) is 4.42 Å². The first kappa shape index (κ1) is 19.5. The lowest BCUT2D eigenvalue weighted by atomic mass is 10.1. The molecule has 1 fully saturated rings. The second-order valence-corrected chi connectivity index (χ2v) is 8.38. The fraction of sp³-hybridized carbons (Fsp3) is 0.318. The third-order valence-electron chi connectivity index (χ3n) is 4.93. The number of carbonyl (C=O) groups excluding carboxylic acids is 1. The molecular weight excluding hydrogens is 384 g/mol. The normalized spacial score (nSPS) is 15.1. The Labute approximate surface area is 174 Å². The molecule has 150 valence electrons. The molecule has 7 heteroatoms. The summed E-state index contributed by atoms with van der Waals surface area (Å²) in [5.41, 5.74) is 2.86. The van der Waals surface area contributed by atoms with Gasteiger partial charge >= 0.3 is 0 Å². The van der Waals surface area contributed by atoms with E-state index in [0.29, 0.717) is 11.1 Å². The summed E-state index contributed by atoms with van der Waals surface area (Å²) in [7, 11) is 0. The van der Waals surface area contributed by atoms with Gasteiger partial charge in [-0.25, -0.2) is 0 Å². The van der Waals surface area contributed by atoms with Crippen molar-refractivity contribution < 1.29 is 9.21 Å². The third kappa shape index (κ3) is 4.98. The molecule has 1 aliphatic heterocycles. The molecule has 3 aromatic rings. The number of hydrogen-bond acceptors (Lipinski definition) is 6. The first-order valence-electron chi connectivity index (χ1n) is 9.90. The molecule has 1 aromatic heterocycles. The summed E-state index contributed by atoms with van der Waals surface area (Å²) >= 11 is 1.25. The summed E-state index contributed by atoms with van der Waals surface area (Å²) in [6.45, 7) is 4.04. The number of anilines is 2. The van der Waals surface area contributed by atoms with Crippen molar-refractivity contribution >= 4 is 29.0 Å². The third-order valence-corrected chi connectivity index (χ3v) is 5.86. The van der Waals surface area contributed by atoms with Crippen LogP contribution in [-0.2, 0) is 4.79 Å². The Balaban J connectivity index is 1.33. The highest BCUT2D eigenvalue weighted by Crippen LogP contribution is 2.27. The molecular formula is C22H24N4O2S. The number of nitrogens with one attached hydrogen (secondary N) is 1. The van der Waals surface area contributed by atoms with Crippen LogP contribution in [0.25, 0.3) is 11.5 Å². The molecule has 2 aromatic carbocycles. The highest BCUT2D eigenvalue weighted by atomic mass is 32.2. The summed E-state index contributed by atoms with van der Waals surface area (Å²) in [6.07, 6.45) is 3.80. The molecule has 1 amide bonds. The monoisotopic (exact) mass is 408 g/mol. The number of amides is 1. The van der Waals surface area contributed by atoms with Gasteiger partial charge in [0.05, 0.1) is 5.25 Å². The van der Waals surface area contributed by atoms with Gasteiger partial charge in [-0.15, -0.1) is 10.2 Å². The Bertz CT molecular complexity index is 937. The van der Waals surface area contributed by atoms with Gasteiger partial charge in [-0.05, 0) is 62.6 Å². The Morgan fingerprint density at radius 1 is 1.03 bits per heavy atom. The van der Waals surface area contributed by atoms with E-state index in [1.165, 1.54) is 36.7 Å². The van der Waals surface area contributed by atoms with Gasteiger partial charge in [0, 0.05) is 30.0 Å². The Morgan fingerprint density at radius 3 is 2.48 bits per heavy atom. The van der Waals surface area contributed by atoms with Gasteiger partial charge in [0.1, 0.15) is 0 Å². The Hall–Kier alpha value is -2.80. The minimum absolute atomic E-state index is 0.0971. The van der Waals surface area contributed by atoms with E-state index in [-0.39, 0.29) is 11.2 Å². The average Bonchev–Trinajstić information content (AvgIpc) is 3.24. The van der Waals surface area contributed by atoms with Crippen LogP contribution < -0.4 is 10.2 Å². The highest BCUT2D eigenvalue weighted by molar-refractivity contribution is 8.00. The second-order valence-electron chi connectivity index (χ2n) is 7.08. The Kier molecular flexibility index (Phi) is 6.14. The van der Waals surface area contributed by atoms with Crippen LogP contribution in [0.3, 0.4) is 0 Å². The maximum Gasteiger partial charge on any atom is 0.277 e. The van der Waals surface area contributed by atoms with E-state index in [2.05, 4.69) is 32.5 Å². The SMILES string of the molecule is CC(Sc1nnc(-c2ccccc2)o1)C(=O)Nc1ccc(N2CCCCC2)cc1. The molecule has 0 spiro atoms. The highest BCUT2D eigenvalue weighted by Gasteiger charge is 2.19. The maximum atomic E-state index is 12.5. The van der Waals surface area contributed by atoms with E-state index in [9.17, 15) is 4.79 Å². The zero-order valence-corrected chi connectivity index (χ0v) is 17.2. The lowest BCUT2D eigenvalue weighted by Crippen LogP contribution is -2.29. The van der Waals surface area contributed by atoms with Crippen LogP contribution in [0.1, 0.15) is 26.2 Å². The van der Waals surface area contributed by atoms with Crippen LogP contribution in [0.2, 0.25) is 0 Å². The van der Waals surface area contributed by atoms with E-state index in [0.717, 1.165) is 24.3 Å². The summed E-state index contributed by atoms with van der Waals surface area (Å²) < 4.78 is 5.68. The van der Waals surface area contributed by atoms with Crippen molar-refractivity contribution in [2.45, 2.75) is 36.7 Å². The molecule has 29 heavy (non-hydrogen) atoms. The van der Waals surface area contributed by atoms with Crippen LogP contribution in [0.15, 0.2) is 64.2 Å². The Morgan fingerprint density at radius 2 is 1.76 bits per heavy atom. The van der Waals surface area contributed by atoms with Gasteiger partial charge in [0.2, 0.25) is 11.8 Å². The van der Waals surface area contributed by atoms with Gasteiger partial charge < -0.3 is 14.6 Å². The predicted octanol–water partition coefficient (Wildman–Crippen LogP) is 4.85. The van der Waals surface area contributed by atoms with Crippen LogP contribution in [0.4, 0.5) is 11.4 Å². The van der Waals surface area contributed by atoms with E-state index in [1.807, 2.05) is 49.4 Å². The van der Waals surface area contributed by atoms with Gasteiger partial charge in [-0.1, -0.05) is 30.0 Å². The second kappa shape index (κ2) is 9.13. The fourth-order valence-electron chi connectivity index (χ4n) is 3.31. The number of hydrogen-bond donors (Lipinski definition) is 1. The minimum Gasteiger partial charge on any atom is -0.411 e. The van der Waals surface area contributed by atoms with Crippen LogP contribution in [-0.4, -0.2) is 34.4 Å². The van der Waals surface area contributed by atoms with Crippen LogP contribution in [0, 0.1) is 0 Å². The molecule has 1 unspecified atom stereocenters. The number of thioether (sulfide) groups is 1. The lowest BCUT2D eigenvalue weighted by molar-refractivity contribution is -0.115. The summed E-state index contributed by atoms with van der Waals surface area (Å²) in [4.78, 5) is 14.9. The molecule has 6 nitrogen and oxygen atoms in total. The van der Waals surface area contributed by atoms with Crippen molar-refractivity contribution in [2.75, 3.05) is 23.3 Å². The minimum atomic E-state index is -0.360. The molecule has 1 N–H and O–H groups in total. The quantitative estimate of drug-likeness (QED) is 0.588. The molecule has 4 rings (SSSR count). The summed E-state index contributed by atoms with van der Waals surface area (Å²) in [5, 5.41) is 11.1. The zero-order valence-electron chi connectivity index (χ0n) is 16.4. The van der Waals surface area contributed by atoms with Gasteiger partial charge in [0.15, 0.2) is 0 Å². The number of aromatic nitrogens is 2. The van der Waals surface area contributed by atoms with Gasteiger partial charge in [-0.2, -0.15) is 0 Å². The van der Waals surface area contributed by atoms with Crippen molar-refractivity contribution in [3.63, 3.8) is 0 Å². The van der Waals surface area contributed by atoms with E-state index >= 15 is 0 Å². The van der Waals surface area contributed by atoms with Crippen molar-refractivity contribution in [1.29, 1.82) is 0 Å². The number of nitrogens with zero attached hydrogens (tertiary/aromatic N) is 3. The molecule has 0 saturated carbocycles. The molecule has 1 atom stereocenters. The van der Waals surface area contributed by atoms with Gasteiger partial charge in [0.25, 0.3) is 5.22 Å². The maximum absolute atomic E-state index is 12.5. The molecule has 0 bridgehead atoms. The summed E-state index contributed by atoms with van der Waals surface area (Å²) in [5.74, 6) is 0.356. The largest absolute Gasteiger partial charge is 0.411 e. The molecule has 2 heterocycles. The first-order chi connectivity index (χ1) is 14.2. The fourth-order valence-corrected chi connectivity index (χ4v) is 3.99. The van der Waals surface area contributed by atoms with Crippen LogP contribution in [0.5, 0.6) is 0 Å². The molecule has 1 saturated heterocycles. The number of benzene rings is 2. The van der Waals surface area contributed by atoms with Crippen molar-refractivity contribution in [3.8, 4) is 11.5 Å². The van der Waals surface area contributed by atoms with Crippen LogP contribution >= 0.6 is 11.8 Å². The number of piperidine rings is 1. The standard InChI is InChI=1S/C22H24N4O2S/c1-16(29-22-25-24-21(28-22)17-8-4-2-5-9-17)20(27)23-18-10-12-19(13-11-18)26-14-6-3-7-15-26/h2,4-5,8-13,16H,3,6-7,14-15H2,1H3,(H,23,27). The van der Waals surface area contributed by atoms with Gasteiger partial charge in [-0.3, -0.25) is 4.79 Å².